The summed E-state index contributed by atoms with van der Waals surface area (Å²) in [6.45, 7) is -1.40. The minimum atomic E-state index is -4.91. The van der Waals surface area contributed by atoms with Crippen LogP contribution in [0.25, 0.3) is 0 Å². The van der Waals surface area contributed by atoms with Gasteiger partial charge in [-0.1, -0.05) is 0 Å². The molecule has 0 atom stereocenters. The molecule has 22 nitrogen and oxygen atoms in total. The Kier molecular flexibility index (Phi) is 12.5. The van der Waals surface area contributed by atoms with Crippen LogP contribution in [0.3, 0.4) is 0 Å². The molecule has 0 spiro atoms. The molecule has 0 saturated carbocycles. The van der Waals surface area contributed by atoms with Crippen LogP contribution >= 0.6 is 0 Å². The predicted octanol–water partition coefficient (Wildman–Crippen LogP) is -1.45. The van der Waals surface area contributed by atoms with E-state index in [1.165, 1.54) is 4.90 Å². The maximum atomic E-state index is 12.7. The molecule has 0 aliphatic rings. The van der Waals surface area contributed by atoms with Crippen LogP contribution in [0, 0.1) is 0 Å². The lowest BCUT2D eigenvalue weighted by atomic mass is 10.1. The zero-order valence-corrected chi connectivity index (χ0v) is 28.5. The van der Waals surface area contributed by atoms with Crippen LogP contribution in [-0.2, 0) is 30.4 Å². The number of phenols is 6. The number of rotatable bonds is 15. The SMILES string of the molecule is O=C(NCCN(CCNC(=O)c1cc(S(=O)(=O)O)cc(O)c1O)CCNC(=O)c1cc(S(=O)(=O)O)cc(O)c1O)c1cc(S(=O)(=O)O)cc(O)c1O. The van der Waals surface area contributed by atoms with Crippen molar-refractivity contribution in [3.63, 3.8) is 0 Å². The Bertz CT molecular complexity index is 1990. The molecule has 3 aromatic rings. The van der Waals surface area contributed by atoms with Crippen molar-refractivity contribution < 1.29 is 83.9 Å². The summed E-state index contributed by atoms with van der Waals surface area (Å²) in [6.07, 6.45) is 0. The van der Waals surface area contributed by atoms with Crippen molar-refractivity contribution in [2.75, 3.05) is 39.3 Å². The van der Waals surface area contributed by atoms with Gasteiger partial charge < -0.3 is 46.6 Å². The van der Waals surface area contributed by atoms with Crippen LogP contribution in [-0.4, -0.2) is 131 Å². The van der Waals surface area contributed by atoms with E-state index in [2.05, 4.69) is 16.0 Å². The lowest BCUT2D eigenvalue weighted by Gasteiger charge is -2.23. The average Bonchev–Trinajstić information content (AvgIpc) is 3.02. The maximum Gasteiger partial charge on any atom is 0.294 e. The summed E-state index contributed by atoms with van der Waals surface area (Å²) in [4.78, 5) is 36.8. The smallest absolute Gasteiger partial charge is 0.294 e. The molecule has 3 rings (SSSR count). The van der Waals surface area contributed by atoms with Crippen molar-refractivity contribution in [1.82, 2.24) is 20.9 Å². The molecule has 0 heterocycles. The second-order valence-corrected chi connectivity index (χ2v) is 14.8. The molecule has 0 unspecified atom stereocenters. The van der Waals surface area contributed by atoms with Crippen molar-refractivity contribution in [2.45, 2.75) is 14.7 Å². The largest absolute Gasteiger partial charge is 0.504 e. The van der Waals surface area contributed by atoms with Crippen LogP contribution in [0.1, 0.15) is 31.1 Å². The normalized spacial score (nSPS) is 12.0. The Morgan fingerprint density at radius 3 is 0.904 bits per heavy atom. The van der Waals surface area contributed by atoms with Crippen LogP contribution in [0.5, 0.6) is 34.5 Å². The Balaban J connectivity index is 1.76. The second kappa shape index (κ2) is 15.8. The van der Waals surface area contributed by atoms with Crippen LogP contribution < -0.4 is 16.0 Å². The maximum absolute atomic E-state index is 12.7. The molecular weight excluding hydrogens is 765 g/mol. The number of nitrogens with one attached hydrogen (secondary N) is 3. The van der Waals surface area contributed by atoms with Crippen molar-refractivity contribution in [1.29, 1.82) is 0 Å². The molecule has 52 heavy (non-hydrogen) atoms. The quantitative estimate of drug-likeness (QED) is 0.0618. The fourth-order valence-electron chi connectivity index (χ4n) is 4.35. The summed E-state index contributed by atoms with van der Waals surface area (Å²) < 4.78 is 96.7. The van der Waals surface area contributed by atoms with Gasteiger partial charge in [-0.15, -0.1) is 0 Å². The number of hydrogen-bond acceptors (Lipinski definition) is 16. The summed E-state index contributed by atoms with van der Waals surface area (Å²) in [5.74, 6) is -9.57. The number of benzene rings is 3. The Labute approximate surface area is 293 Å². The van der Waals surface area contributed by atoms with E-state index >= 15 is 0 Å². The van der Waals surface area contributed by atoms with Gasteiger partial charge in [0.2, 0.25) is 0 Å². The van der Waals surface area contributed by atoms with E-state index in [9.17, 15) is 83.9 Å². The first-order valence-electron chi connectivity index (χ1n) is 14.1. The standard InChI is InChI=1S/C27H30N4O18S3/c32-19-10-13(50(41,42)43)7-16(22(19)35)25(38)28-1-4-31(5-2-29-26(39)17-8-14(51(44,45)46)11-20(33)23(17)36)6-3-30-27(40)18-9-15(52(47,48)49)12-21(34)24(18)37/h7-12,32-37H,1-6H2,(H,28,38)(H,29,39)(H,30,40)(H,41,42,43)(H,44,45,46)(H,47,48,49). The fraction of sp³-hybridized carbons (Fsp3) is 0.222. The number of nitrogens with zero attached hydrogens (tertiary/aromatic N) is 1. The predicted molar refractivity (Wildman–Crippen MR) is 172 cm³/mol. The van der Waals surface area contributed by atoms with Gasteiger partial charge in [-0.2, -0.15) is 25.3 Å². The lowest BCUT2D eigenvalue weighted by Crippen LogP contribution is -2.43. The van der Waals surface area contributed by atoms with Gasteiger partial charge in [-0.05, 0) is 18.2 Å². The first-order valence-corrected chi connectivity index (χ1v) is 18.4. The molecule has 0 aromatic heterocycles. The highest BCUT2D eigenvalue weighted by atomic mass is 32.2. The number of amides is 3. The molecule has 0 saturated heterocycles. The zero-order chi connectivity index (χ0) is 39.3. The second-order valence-electron chi connectivity index (χ2n) is 10.6. The van der Waals surface area contributed by atoms with Crippen molar-refractivity contribution in [3.8, 4) is 34.5 Å². The van der Waals surface area contributed by atoms with E-state index in [1.54, 1.807) is 0 Å². The number of aromatic hydroxyl groups is 6. The number of hydrogen-bond donors (Lipinski definition) is 12. The van der Waals surface area contributed by atoms with E-state index in [-0.39, 0.29) is 39.3 Å². The molecule has 3 amide bonds. The number of carbonyl (C=O) groups excluding carboxylic acids is 3. The third kappa shape index (κ3) is 10.3. The van der Waals surface area contributed by atoms with Gasteiger partial charge in [0.05, 0.1) is 31.4 Å². The highest BCUT2D eigenvalue weighted by molar-refractivity contribution is 7.86. The average molecular weight is 795 g/mol. The molecule has 0 aliphatic carbocycles. The van der Waals surface area contributed by atoms with E-state index in [0.29, 0.717) is 36.4 Å². The van der Waals surface area contributed by atoms with Gasteiger partial charge in [-0.3, -0.25) is 32.9 Å². The first kappa shape index (κ1) is 41.0. The summed E-state index contributed by atoms with van der Waals surface area (Å²) in [5, 5.41) is 66.5. The molecule has 12 N–H and O–H groups in total. The summed E-state index contributed by atoms with van der Waals surface area (Å²) in [5.41, 5.74) is -2.24. The van der Waals surface area contributed by atoms with E-state index in [0.717, 1.165) is 0 Å². The fourth-order valence-corrected chi connectivity index (χ4v) is 5.93. The van der Waals surface area contributed by atoms with E-state index in [4.69, 9.17) is 0 Å². The van der Waals surface area contributed by atoms with Gasteiger partial charge in [-0.25, -0.2) is 0 Å². The molecule has 25 heteroatoms. The van der Waals surface area contributed by atoms with Gasteiger partial charge in [0.25, 0.3) is 48.1 Å². The number of carbonyl (C=O) groups is 3. The Hall–Kier alpha value is -5.44. The highest BCUT2D eigenvalue weighted by Crippen LogP contribution is 2.34. The Morgan fingerprint density at radius 2 is 0.692 bits per heavy atom. The third-order valence-electron chi connectivity index (χ3n) is 6.96. The third-order valence-corrected chi connectivity index (χ3v) is 9.45. The molecule has 0 bridgehead atoms. The summed E-state index contributed by atoms with van der Waals surface area (Å²) in [7, 11) is -14.7. The van der Waals surface area contributed by atoms with Gasteiger partial charge in [0.1, 0.15) is 0 Å². The van der Waals surface area contributed by atoms with Crippen LogP contribution in [0.4, 0.5) is 0 Å². The topological polar surface area (TPSA) is 375 Å². The summed E-state index contributed by atoms with van der Waals surface area (Å²) >= 11 is 0. The summed E-state index contributed by atoms with van der Waals surface area (Å²) in [6, 6.07) is 3.22. The minimum Gasteiger partial charge on any atom is -0.504 e. The van der Waals surface area contributed by atoms with Crippen molar-refractivity contribution in [2.24, 2.45) is 0 Å². The lowest BCUT2D eigenvalue weighted by molar-refractivity contribution is 0.0944. The number of phenolic OH excluding ortho intramolecular Hbond substituents is 6. The monoisotopic (exact) mass is 794 g/mol. The Morgan fingerprint density at radius 1 is 0.462 bits per heavy atom. The molecule has 284 valence electrons. The first-order chi connectivity index (χ1) is 23.9. The molecule has 0 fully saturated rings. The molecule has 3 aromatic carbocycles. The zero-order valence-electron chi connectivity index (χ0n) is 26.1. The minimum absolute atomic E-state index is 0.156. The van der Waals surface area contributed by atoms with E-state index < -0.39 is 114 Å². The molecule has 0 radical (unpaired) electrons. The molecular formula is C27H30N4O18S3. The molecule has 0 aliphatic heterocycles. The van der Waals surface area contributed by atoms with Gasteiger partial charge in [0, 0.05) is 57.5 Å². The highest BCUT2D eigenvalue weighted by Gasteiger charge is 2.24. The van der Waals surface area contributed by atoms with Gasteiger partial charge >= 0.3 is 0 Å². The van der Waals surface area contributed by atoms with Crippen LogP contribution in [0.2, 0.25) is 0 Å². The van der Waals surface area contributed by atoms with Gasteiger partial charge in [0.15, 0.2) is 34.5 Å². The van der Waals surface area contributed by atoms with Crippen LogP contribution in [0.15, 0.2) is 51.1 Å². The van der Waals surface area contributed by atoms with Crippen molar-refractivity contribution >= 4 is 48.1 Å². The van der Waals surface area contributed by atoms with Crippen molar-refractivity contribution in [3.05, 3.63) is 53.1 Å². The van der Waals surface area contributed by atoms with E-state index in [1.807, 2.05) is 0 Å².